The van der Waals surface area contributed by atoms with Gasteiger partial charge in [-0.25, -0.2) is 4.79 Å². The van der Waals surface area contributed by atoms with Crippen molar-refractivity contribution in [1.82, 2.24) is 0 Å². The van der Waals surface area contributed by atoms with Crippen molar-refractivity contribution in [3.8, 4) is 0 Å². The number of hydrogen-bond donors (Lipinski definition) is 5. The highest BCUT2D eigenvalue weighted by Gasteiger charge is 2.69. The van der Waals surface area contributed by atoms with Crippen molar-refractivity contribution < 1.29 is 39.9 Å². The molecule has 206 valence electrons. The van der Waals surface area contributed by atoms with E-state index < -0.39 is 63.8 Å². The van der Waals surface area contributed by atoms with Gasteiger partial charge < -0.3 is 30.3 Å². The normalized spacial score (nSPS) is 47.1. The molecule has 8 heteroatoms. The highest BCUT2D eigenvalue weighted by Crippen LogP contribution is 2.68. The van der Waals surface area contributed by atoms with E-state index in [1.165, 1.54) is 6.08 Å². The largest absolute Gasteiger partial charge is 0.452 e. The molecule has 0 aromatic carbocycles. The molecule has 8 nitrogen and oxygen atoms in total. The molecule has 0 spiro atoms. The Bertz CT molecular complexity index is 1070. The standard InChI is InChI=1S/C29H42O8/c1-25(2)15(11-24(34)37-25)10-23(33)28(5,35)22-7-9-29(36)17-12-19(30)18-13-20(31)21(32)14-26(18,3)16(17)6-8-27(22,29)4/h11-12,16,18,20-23,31-33,35-36H,6-10,13-14H2,1-5H3. The summed E-state index contributed by atoms with van der Waals surface area (Å²) >= 11 is 0. The number of rotatable bonds is 4. The summed E-state index contributed by atoms with van der Waals surface area (Å²) in [6.07, 6.45) is 2.61. The molecule has 3 fully saturated rings. The topological polar surface area (TPSA) is 145 Å². The monoisotopic (exact) mass is 518 g/mol. The number of carbonyl (C=O) groups is 2. The third kappa shape index (κ3) is 3.66. The number of fused-ring (bicyclic) bond motifs is 5. The van der Waals surface area contributed by atoms with E-state index in [0.717, 1.165) is 0 Å². The van der Waals surface area contributed by atoms with Crippen molar-refractivity contribution in [1.29, 1.82) is 0 Å². The van der Waals surface area contributed by atoms with Gasteiger partial charge in [0.15, 0.2) is 5.78 Å². The smallest absolute Gasteiger partial charge is 0.331 e. The van der Waals surface area contributed by atoms with Gasteiger partial charge in [0.2, 0.25) is 0 Å². The van der Waals surface area contributed by atoms with E-state index in [4.69, 9.17) is 4.74 Å². The lowest BCUT2D eigenvalue weighted by molar-refractivity contribution is -0.175. The van der Waals surface area contributed by atoms with E-state index >= 15 is 0 Å². The van der Waals surface area contributed by atoms with Crippen LogP contribution in [-0.4, -0.2) is 72.4 Å². The Labute approximate surface area is 218 Å². The van der Waals surface area contributed by atoms with Crippen molar-refractivity contribution >= 4 is 11.8 Å². The number of cyclic esters (lactones) is 1. The number of aliphatic hydroxyl groups excluding tert-OH is 3. The Morgan fingerprint density at radius 3 is 2.35 bits per heavy atom. The molecule has 0 aromatic rings. The SMILES string of the molecule is CC1(C)OC(=O)C=C1CC(O)C(C)(O)C1CCC2(O)C3=CC(=O)C4CC(O)C(O)CC4(C)C3CCC12C. The molecule has 5 aliphatic rings. The van der Waals surface area contributed by atoms with Crippen molar-refractivity contribution in [2.75, 3.05) is 0 Å². The van der Waals surface area contributed by atoms with E-state index in [0.29, 0.717) is 43.3 Å². The highest BCUT2D eigenvalue weighted by atomic mass is 16.6. The maximum atomic E-state index is 13.3. The van der Waals surface area contributed by atoms with E-state index in [9.17, 15) is 35.1 Å². The molecule has 0 aromatic heterocycles. The molecule has 3 saturated carbocycles. The zero-order valence-corrected chi connectivity index (χ0v) is 22.5. The minimum Gasteiger partial charge on any atom is -0.452 e. The van der Waals surface area contributed by atoms with Crippen LogP contribution in [0.15, 0.2) is 23.3 Å². The van der Waals surface area contributed by atoms with Crippen LogP contribution in [0.25, 0.3) is 0 Å². The molecule has 0 bridgehead atoms. The quantitative estimate of drug-likeness (QED) is 0.355. The number of esters is 1. The van der Waals surface area contributed by atoms with Crippen LogP contribution in [0.5, 0.6) is 0 Å². The lowest BCUT2D eigenvalue weighted by Crippen LogP contribution is -2.62. The molecule has 10 unspecified atom stereocenters. The first kappa shape index (κ1) is 27.0. The Morgan fingerprint density at radius 2 is 1.73 bits per heavy atom. The molecule has 37 heavy (non-hydrogen) atoms. The zero-order valence-electron chi connectivity index (χ0n) is 22.5. The molecule has 4 aliphatic carbocycles. The van der Waals surface area contributed by atoms with Gasteiger partial charge in [0.25, 0.3) is 0 Å². The molecule has 5 N–H and O–H groups in total. The van der Waals surface area contributed by atoms with Crippen molar-refractivity contribution in [3.63, 3.8) is 0 Å². The first-order chi connectivity index (χ1) is 17.0. The van der Waals surface area contributed by atoms with Crippen LogP contribution >= 0.6 is 0 Å². The number of carbonyl (C=O) groups excluding carboxylic acids is 2. The van der Waals surface area contributed by atoms with Gasteiger partial charge in [-0.15, -0.1) is 0 Å². The first-order valence-corrected chi connectivity index (χ1v) is 13.7. The third-order valence-corrected chi connectivity index (χ3v) is 11.3. The zero-order chi connectivity index (χ0) is 27.3. The molecular weight excluding hydrogens is 476 g/mol. The van der Waals surface area contributed by atoms with Crippen LogP contribution in [0.3, 0.4) is 0 Å². The first-order valence-electron chi connectivity index (χ1n) is 13.7. The second-order valence-electron chi connectivity index (χ2n) is 13.6. The van der Waals surface area contributed by atoms with Crippen LogP contribution in [-0.2, 0) is 14.3 Å². The molecule has 5 rings (SSSR count). The molecule has 0 saturated heterocycles. The molecule has 1 heterocycles. The van der Waals surface area contributed by atoms with Gasteiger partial charge in [-0.2, -0.15) is 0 Å². The van der Waals surface area contributed by atoms with Gasteiger partial charge in [0.1, 0.15) is 5.60 Å². The van der Waals surface area contributed by atoms with Crippen LogP contribution < -0.4 is 0 Å². The summed E-state index contributed by atoms with van der Waals surface area (Å²) in [6, 6.07) is 0. The summed E-state index contributed by atoms with van der Waals surface area (Å²) in [4.78, 5) is 25.2. The van der Waals surface area contributed by atoms with Crippen LogP contribution in [0, 0.1) is 28.6 Å². The van der Waals surface area contributed by atoms with E-state index in [2.05, 4.69) is 0 Å². The fraction of sp³-hybridized carbons (Fsp3) is 0.793. The van der Waals surface area contributed by atoms with Gasteiger partial charge in [0.05, 0.1) is 29.5 Å². The van der Waals surface area contributed by atoms with Gasteiger partial charge in [-0.1, -0.05) is 13.8 Å². The number of ketones is 1. The Balaban J connectivity index is 1.46. The van der Waals surface area contributed by atoms with E-state index in [1.807, 2.05) is 13.8 Å². The minimum absolute atomic E-state index is 0.0700. The van der Waals surface area contributed by atoms with Crippen LogP contribution in [0.1, 0.15) is 79.6 Å². The molecule has 10 atom stereocenters. The Kier molecular flexibility index (Phi) is 5.99. The lowest BCUT2D eigenvalue weighted by Gasteiger charge is -2.60. The third-order valence-electron chi connectivity index (χ3n) is 11.3. The van der Waals surface area contributed by atoms with Gasteiger partial charge in [-0.3, -0.25) is 4.79 Å². The Hall–Kier alpha value is -1.58. The second kappa shape index (κ2) is 8.21. The maximum Gasteiger partial charge on any atom is 0.331 e. The van der Waals surface area contributed by atoms with E-state index in [1.54, 1.807) is 26.8 Å². The van der Waals surface area contributed by atoms with Crippen molar-refractivity contribution in [2.45, 2.75) is 115 Å². The van der Waals surface area contributed by atoms with Gasteiger partial charge in [-0.05, 0) is 93.8 Å². The summed E-state index contributed by atoms with van der Waals surface area (Å²) in [5.41, 5.74) is -3.81. The number of allylic oxidation sites excluding steroid dienone is 1. The maximum absolute atomic E-state index is 13.3. The highest BCUT2D eigenvalue weighted by molar-refractivity contribution is 5.95. The van der Waals surface area contributed by atoms with Crippen molar-refractivity contribution in [2.24, 2.45) is 28.6 Å². The second-order valence-corrected chi connectivity index (χ2v) is 13.6. The molecule has 0 radical (unpaired) electrons. The number of hydrogen-bond acceptors (Lipinski definition) is 8. The predicted molar refractivity (Wildman–Crippen MR) is 134 cm³/mol. The van der Waals surface area contributed by atoms with Crippen LogP contribution in [0.2, 0.25) is 0 Å². The summed E-state index contributed by atoms with van der Waals surface area (Å²) in [5.74, 6) is -1.55. The summed E-state index contributed by atoms with van der Waals surface area (Å²) in [6.45, 7) is 9.06. The summed E-state index contributed by atoms with van der Waals surface area (Å²) < 4.78 is 5.32. The van der Waals surface area contributed by atoms with Gasteiger partial charge >= 0.3 is 5.97 Å². The van der Waals surface area contributed by atoms with Crippen LogP contribution in [0.4, 0.5) is 0 Å². The van der Waals surface area contributed by atoms with Crippen molar-refractivity contribution in [3.05, 3.63) is 23.3 Å². The molecular formula is C29H42O8. The van der Waals surface area contributed by atoms with E-state index in [-0.39, 0.29) is 24.5 Å². The average molecular weight is 519 g/mol. The lowest BCUT2D eigenvalue weighted by atomic mass is 9.45. The average Bonchev–Trinajstić information content (AvgIpc) is 3.21. The predicted octanol–water partition coefficient (Wildman–Crippen LogP) is 1.95. The summed E-state index contributed by atoms with van der Waals surface area (Å²) in [7, 11) is 0. The fourth-order valence-corrected chi connectivity index (χ4v) is 8.92. The number of ether oxygens (including phenoxy) is 1. The minimum atomic E-state index is -1.56. The molecule has 1 aliphatic heterocycles. The molecule has 0 amide bonds. The fourth-order valence-electron chi connectivity index (χ4n) is 8.92. The number of aliphatic hydroxyl groups is 5. The van der Waals surface area contributed by atoms with Gasteiger partial charge in [0, 0.05) is 23.8 Å². The Morgan fingerprint density at radius 1 is 1.05 bits per heavy atom. The summed E-state index contributed by atoms with van der Waals surface area (Å²) in [5, 5.41) is 56.1.